The highest BCUT2D eigenvalue weighted by atomic mass is 15.4. The monoisotopic (exact) mass is 259 g/mol. The summed E-state index contributed by atoms with van der Waals surface area (Å²) in [5.41, 5.74) is 2.42. The average Bonchev–Trinajstić information content (AvgIpc) is 2.88. The van der Waals surface area contributed by atoms with E-state index in [9.17, 15) is 0 Å². The van der Waals surface area contributed by atoms with E-state index in [0.29, 0.717) is 0 Å². The molecule has 2 rings (SSSR count). The van der Waals surface area contributed by atoms with Crippen LogP contribution >= 0.6 is 0 Å². The lowest BCUT2D eigenvalue weighted by Gasteiger charge is -2.18. The van der Waals surface area contributed by atoms with Crippen molar-refractivity contribution in [1.82, 2.24) is 25.3 Å². The second kappa shape index (κ2) is 6.99. The van der Waals surface area contributed by atoms with Gasteiger partial charge >= 0.3 is 0 Å². The van der Waals surface area contributed by atoms with Crippen LogP contribution in [0.2, 0.25) is 0 Å². The van der Waals surface area contributed by atoms with Crippen molar-refractivity contribution in [2.75, 3.05) is 6.54 Å². The standard InChI is InChI=1S/C14H21N5/c1-3-9-19-14(11-17-18-19)13(16-4-2)10-12-5-7-15-8-6-12/h5-8,11,13,16H,3-4,9-10H2,1-2H3. The van der Waals surface area contributed by atoms with Crippen LogP contribution < -0.4 is 5.32 Å². The van der Waals surface area contributed by atoms with E-state index >= 15 is 0 Å². The van der Waals surface area contributed by atoms with E-state index in [1.165, 1.54) is 5.56 Å². The predicted molar refractivity (Wildman–Crippen MR) is 74.7 cm³/mol. The van der Waals surface area contributed by atoms with Gasteiger partial charge in [-0.25, -0.2) is 4.68 Å². The average molecular weight is 259 g/mol. The molecule has 0 aliphatic carbocycles. The van der Waals surface area contributed by atoms with Crippen LogP contribution in [0, 0.1) is 0 Å². The zero-order valence-corrected chi connectivity index (χ0v) is 11.6. The summed E-state index contributed by atoms with van der Waals surface area (Å²) in [5.74, 6) is 0. The summed E-state index contributed by atoms with van der Waals surface area (Å²) in [6.07, 6.45) is 7.52. The summed E-state index contributed by atoms with van der Waals surface area (Å²) < 4.78 is 1.99. The molecule has 0 amide bonds. The van der Waals surface area contributed by atoms with Crippen molar-refractivity contribution in [3.05, 3.63) is 42.0 Å². The SMILES string of the molecule is CCCn1nncc1C(Cc1ccncc1)NCC. The Hall–Kier alpha value is -1.75. The number of aryl methyl sites for hydroxylation is 1. The van der Waals surface area contributed by atoms with Gasteiger partial charge in [-0.2, -0.15) is 0 Å². The molecule has 0 fully saturated rings. The minimum absolute atomic E-state index is 0.244. The van der Waals surface area contributed by atoms with E-state index < -0.39 is 0 Å². The Labute approximate surface area is 114 Å². The normalized spacial score (nSPS) is 12.5. The predicted octanol–water partition coefficient (Wildman–Crippen LogP) is 1.98. The maximum absolute atomic E-state index is 4.17. The van der Waals surface area contributed by atoms with Crippen LogP contribution in [0.1, 0.15) is 37.6 Å². The number of pyridine rings is 1. The molecular weight excluding hydrogens is 238 g/mol. The Balaban J connectivity index is 2.17. The van der Waals surface area contributed by atoms with E-state index in [0.717, 1.165) is 31.6 Å². The van der Waals surface area contributed by atoms with E-state index in [4.69, 9.17) is 0 Å². The number of rotatable bonds is 7. The topological polar surface area (TPSA) is 55.6 Å². The smallest absolute Gasteiger partial charge is 0.0759 e. The van der Waals surface area contributed by atoms with Crippen molar-refractivity contribution in [3.63, 3.8) is 0 Å². The van der Waals surface area contributed by atoms with Crippen LogP contribution in [0.25, 0.3) is 0 Å². The molecule has 2 heterocycles. The first-order valence-electron chi connectivity index (χ1n) is 6.85. The minimum Gasteiger partial charge on any atom is -0.309 e. The molecule has 0 spiro atoms. The summed E-state index contributed by atoms with van der Waals surface area (Å²) in [5, 5.41) is 11.7. The Morgan fingerprint density at radius 1 is 1.26 bits per heavy atom. The van der Waals surface area contributed by atoms with Gasteiger partial charge in [-0.15, -0.1) is 5.10 Å². The molecule has 2 aromatic rings. The Kier molecular flexibility index (Phi) is 5.03. The third-order valence-corrected chi connectivity index (χ3v) is 3.08. The van der Waals surface area contributed by atoms with Gasteiger partial charge in [0.1, 0.15) is 0 Å². The van der Waals surface area contributed by atoms with Crippen molar-refractivity contribution < 1.29 is 0 Å². The van der Waals surface area contributed by atoms with Gasteiger partial charge in [0.2, 0.25) is 0 Å². The lowest BCUT2D eigenvalue weighted by atomic mass is 10.0. The second-order valence-corrected chi connectivity index (χ2v) is 4.55. The summed E-state index contributed by atoms with van der Waals surface area (Å²) in [6.45, 7) is 6.10. The number of aromatic nitrogens is 4. The van der Waals surface area contributed by atoms with E-state index in [1.807, 2.05) is 23.3 Å². The molecule has 1 atom stereocenters. The number of nitrogens with one attached hydrogen (secondary N) is 1. The maximum atomic E-state index is 4.17. The van der Waals surface area contributed by atoms with Crippen molar-refractivity contribution >= 4 is 0 Å². The van der Waals surface area contributed by atoms with E-state index in [1.54, 1.807) is 0 Å². The molecule has 0 saturated carbocycles. The molecule has 5 nitrogen and oxygen atoms in total. The van der Waals surface area contributed by atoms with Gasteiger partial charge in [0.25, 0.3) is 0 Å². The molecule has 1 unspecified atom stereocenters. The molecule has 5 heteroatoms. The first-order valence-corrected chi connectivity index (χ1v) is 6.85. The molecule has 1 N–H and O–H groups in total. The largest absolute Gasteiger partial charge is 0.309 e. The van der Waals surface area contributed by atoms with Crippen molar-refractivity contribution in [1.29, 1.82) is 0 Å². The van der Waals surface area contributed by atoms with Crippen molar-refractivity contribution in [3.8, 4) is 0 Å². The zero-order valence-electron chi connectivity index (χ0n) is 11.6. The number of hydrogen-bond acceptors (Lipinski definition) is 4. The zero-order chi connectivity index (χ0) is 13.5. The van der Waals surface area contributed by atoms with Crippen LogP contribution in [0.3, 0.4) is 0 Å². The maximum Gasteiger partial charge on any atom is 0.0759 e. The summed E-state index contributed by atoms with van der Waals surface area (Å²) in [7, 11) is 0. The number of nitrogens with zero attached hydrogens (tertiary/aromatic N) is 4. The molecule has 0 radical (unpaired) electrons. The fraction of sp³-hybridized carbons (Fsp3) is 0.500. The van der Waals surface area contributed by atoms with Crippen molar-refractivity contribution in [2.24, 2.45) is 0 Å². The third kappa shape index (κ3) is 3.61. The summed E-state index contributed by atoms with van der Waals surface area (Å²) in [6, 6.07) is 4.35. The van der Waals surface area contributed by atoms with Crippen molar-refractivity contribution in [2.45, 2.75) is 39.3 Å². The Morgan fingerprint density at radius 2 is 2.05 bits per heavy atom. The van der Waals surface area contributed by atoms with Gasteiger partial charge in [0.05, 0.1) is 17.9 Å². The third-order valence-electron chi connectivity index (χ3n) is 3.08. The van der Waals surface area contributed by atoms with Crippen LogP contribution in [-0.2, 0) is 13.0 Å². The van der Waals surface area contributed by atoms with Gasteiger partial charge in [0.15, 0.2) is 0 Å². The molecule has 0 bridgehead atoms. The van der Waals surface area contributed by atoms with Gasteiger partial charge in [-0.05, 0) is 37.1 Å². The fourth-order valence-corrected chi connectivity index (χ4v) is 2.20. The minimum atomic E-state index is 0.244. The highest BCUT2D eigenvalue weighted by molar-refractivity contribution is 5.15. The number of likely N-dealkylation sites (N-methyl/N-ethyl adjacent to an activating group) is 1. The lowest BCUT2D eigenvalue weighted by molar-refractivity contribution is 0.473. The van der Waals surface area contributed by atoms with Gasteiger partial charge in [-0.1, -0.05) is 19.1 Å². The second-order valence-electron chi connectivity index (χ2n) is 4.55. The lowest BCUT2D eigenvalue weighted by Crippen LogP contribution is -2.25. The summed E-state index contributed by atoms with van der Waals surface area (Å²) >= 11 is 0. The summed E-state index contributed by atoms with van der Waals surface area (Å²) in [4.78, 5) is 4.06. The molecule has 19 heavy (non-hydrogen) atoms. The molecule has 102 valence electrons. The number of hydrogen-bond donors (Lipinski definition) is 1. The van der Waals surface area contributed by atoms with Gasteiger partial charge < -0.3 is 5.32 Å². The van der Waals surface area contributed by atoms with Crippen LogP contribution in [0.4, 0.5) is 0 Å². The molecular formula is C14H21N5. The first-order chi connectivity index (χ1) is 9.35. The molecule has 0 aromatic carbocycles. The highest BCUT2D eigenvalue weighted by Crippen LogP contribution is 2.17. The quantitative estimate of drug-likeness (QED) is 0.826. The van der Waals surface area contributed by atoms with Gasteiger partial charge in [0, 0.05) is 18.9 Å². The molecule has 0 aliphatic rings. The van der Waals surface area contributed by atoms with E-state index in [-0.39, 0.29) is 6.04 Å². The first kappa shape index (κ1) is 13.7. The van der Waals surface area contributed by atoms with Crippen LogP contribution in [0.15, 0.2) is 30.7 Å². The highest BCUT2D eigenvalue weighted by Gasteiger charge is 2.16. The van der Waals surface area contributed by atoms with Gasteiger partial charge in [-0.3, -0.25) is 4.98 Å². The molecule has 0 aliphatic heterocycles. The van der Waals surface area contributed by atoms with Crippen LogP contribution in [0.5, 0.6) is 0 Å². The van der Waals surface area contributed by atoms with Crippen LogP contribution in [-0.4, -0.2) is 26.5 Å². The Morgan fingerprint density at radius 3 is 2.74 bits per heavy atom. The Bertz CT molecular complexity index is 480. The molecule has 0 saturated heterocycles. The molecule has 2 aromatic heterocycles. The van der Waals surface area contributed by atoms with E-state index in [2.05, 4.69) is 46.6 Å². The fourth-order valence-electron chi connectivity index (χ4n) is 2.20.